The minimum Gasteiger partial charge on any atom is -0.299 e. The van der Waals surface area contributed by atoms with Gasteiger partial charge in [-0.15, -0.1) is 0 Å². The molecule has 0 radical (unpaired) electrons. The van der Waals surface area contributed by atoms with Crippen LogP contribution in [0.4, 0.5) is 0 Å². The second-order valence-corrected chi connectivity index (χ2v) is 10.7. The van der Waals surface area contributed by atoms with Crippen LogP contribution in [0.1, 0.15) is 66.2 Å². The molecule has 0 aromatic rings. The van der Waals surface area contributed by atoms with Crippen molar-refractivity contribution in [3.8, 4) is 0 Å². The molecule has 132 valence electrons. The average Bonchev–Trinajstić information content (AvgIpc) is 2.77. The van der Waals surface area contributed by atoms with Gasteiger partial charge in [-0.2, -0.15) is 0 Å². The number of carbonyl (C=O) groups is 1. The minimum absolute atomic E-state index is 0.0140. The van der Waals surface area contributed by atoms with E-state index >= 15 is 0 Å². The highest BCUT2D eigenvalue weighted by Gasteiger charge is 2.65. The SMILES string of the molecule is C[C@H]1[C@H](C)CCC[C@H]1NS(=O)(=O)C[C@@]12CC[C@@H](CC1=O)C2(C)C. The fraction of sp³-hybridized carbons (Fsp3) is 0.944. The lowest BCUT2D eigenvalue weighted by atomic mass is 9.70. The van der Waals surface area contributed by atoms with E-state index in [1.54, 1.807) is 0 Å². The van der Waals surface area contributed by atoms with Crippen molar-refractivity contribution >= 4 is 15.8 Å². The van der Waals surface area contributed by atoms with E-state index in [-0.39, 0.29) is 23.0 Å². The average molecular weight is 342 g/mol. The van der Waals surface area contributed by atoms with E-state index in [0.717, 1.165) is 25.7 Å². The molecule has 0 aliphatic heterocycles. The van der Waals surface area contributed by atoms with Gasteiger partial charge < -0.3 is 0 Å². The van der Waals surface area contributed by atoms with E-state index in [4.69, 9.17) is 0 Å². The quantitative estimate of drug-likeness (QED) is 0.854. The van der Waals surface area contributed by atoms with E-state index in [2.05, 4.69) is 32.4 Å². The number of hydrogen-bond donors (Lipinski definition) is 1. The Balaban J connectivity index is 1.78. The summed E-state index contributed by atoms with van der Waals surface area (Å²) in [5.41, 5.74) is -0.850. The molecule has 23 heavy (non-hydrogen) atoms. The number of hydrogen-bond acceptors (Lipinski definition) is 3. The van der Waals surface area contributed by atoms with Gasteiger partial charge in [0.2, 0.25) is 10.0 Å². The maximum atomic E-state index is 12.9. The fourth-order valence-corrected chi connectivity index (χ4v) is 7.66. The molecule has 0 saturated heterocycles. The van der Waals surface area contributed by atoms with Crippen LogP contribution in [0.25, 0.3) is 0 Å². The van der Waals surface area contributed by atoms with Gasteiger partial charge in [-0.1, -0.05) is 40.5 Å². The monoisotopic (exact) mass is 341 g/mol. The van der Waals surface area contributed by atoms with E-state index < -0.39 is 15.4 Å². The summed E-state index contributed by atoms with van der Waals surface area (Å²) in [6, 6.07) is 0.0250. The Morgan fingerprint density at radius 1 is 1.17 bits per heavy atom. The summed E-state index contributed by atoms with van der Waals surface area (Å²) in [5, 5.41) is 0. The predicted octanol–water partition coefficient (Wildman–Crippen LogP) is 3.13. The largest absolute Gasteiger partial charge is 0.299 e. The van der Waals surface area contributed by atoms with Crippen LogP contribution in [0.5, 0.6) is 0 Å². The van der Waals surface area contributed by atoms with Crippen LogP contribution in [0, 0.1) is 28.6 Å². The van der Waals surface area contributed by atoms with E-state index in [1.807, 2.05) is 0 Å². The molecule has 5 atom stereocenters. The Kier molecular flexibility index (Phi) is 4.20. The second-order valence-electron chi connectivity index (χ2n) is 8.92. The van der Waals surface area contributed by atoms with Crippen molar-refractivity contribution in [3.63, 3.8) is 0 Å². The molecule has 3 fully saturated rings. The molecule has 5 heteroatoms. The molecule has 4 nitrogen and oxygen atoms in total. The van der Waals surface area contributed by atoms with Crippen molar-refractivity contribution in [1.82, 2.24) is 4.72 Å². The predicted molar refractivity (Wildman–Crippen MR) is 91.5 cm³/mol. The van der Waals surface area contributed by atoms with E-state index in [9.17, 15) is 13.2 Å². The maximum Gasteiger partial charge on any atom is 0.212 e. The molecular formula is C18H31NO3S. The van der Waals surface area contributed by atoms with Gasteiger partial charge in [-0.25, -0.2) is 13.1 Å². The Labute approximate surface area is 140 Å². The van der Waals surface area contributed by atoms with Crippen LogP contribution in [-0.4, -0.2) is 26.0 Å². The second kappa shape index (κ2) is 5.55. The zero-order chi connectivity index (χ0) is 17.0. The summed E-state index contributed by atoms with van der Waals surface area (Å²) in [5.74, 6) is 1.43. The third-order valence-corrected chi connectivity index (χ3v) is 9.15. The van der Waals surface area contributed by atoms with Gasteiger partial charge in [-0.3, -0.25) is 4.79 Å². The number of rotatable bonds is 4. The number of carbonyl (C=O) groups excluding carboxylic acids is 1. The molecule has 2 bridgehead atoms. The number of nitrogens with one attached hydrogen (secondary N) is 1. The highest BCUT2D eigenvalue weighted by Crippen LogP contribution is 2.64. The van der Waals surface area contributed by atoms with Crippen molar-refractivity contribution in [1.29, 1.82) is 0 Å². The molecule has 1 N–H and O–H groups in total. The lowest BCUT2D eigenvalue weighted by Gasteiger charge is -2.38. The van der Waals surface area contributed by atoms with Crippen molar-refractivity contribution in [3.05, 3.63) is 0 Å². The molecule has 3 saturated carbocycles. The zero-order valence-electron chi connectivity index (χ0n) is 14.9. The molecule has 0 aromatic carbocycles. The standard InChI is InChI=1S/C18H31NO3S/c1-12-6-5-7-15(13(12)2)19-23(21,22)11-18-9-8-14(10-16(18)20)17(18,3)4/h12-15,19H,5-11H2,1-4H3/t12-,13+,14+,15-,18+/m1/s1. The normalized spacial score (nSPS) is 43.0. The lowest BCUT2D eigenvalue weighted by Crippen LogP contribution is -2.50. The first-order valence-corrected chi connectivity index (χ1v) is 10.8. The topological polar surface area (TPSA) is 63.2 Å². The number of fused-ring (bicyclic) bond motifs is 2. The van der Waals surface area contributed by atoms with Gasteiger partial charge in [0.05, 0.1) is 5.75 Å². The smallest absolute Gasteiger partial charge is 0.212 e. The summed E-state index contributed by atoms with van der Waals surface area (Å²) in [4.78, 5) is 12.6. The first-order chi connectivity index (χ1) is 10.6. The first kappa shape index (κ1) is 17.4. The maximum absolute atomic E-state index is 12.9. The molecule has 0 aromatic heterocycles. The van der Waals surface area contributed by atoms with Crippen LogP contribution in [0.3, 0.4) is 0 Å². The van der Waals surface area contributed by atoms with Crippen LogP contribution in [0.15, 0.2) is 0 Å². The summed E-state index contributed by atoms with van der Waals surface area (Å²) in [7, 11) is -3.44. The zero-order valence-corrected chi connectivity index (χ0v) is 15.7. The summed E-state index contributed by atoms with van der Waals surface area (Å²) in [6.07, 6.45) is 5.47. The van der Waals surface area contributed by atoms with Crippen LogP contribution >= 0.6 is 0 Å². The van der Waals surface area contributed by atoms with Crippen molar-refractivity contribution in [2.75, 3.05) is 5.75 Å². The Hall–Kier alpha value is -0.420. The Morgan fingerprint density at radius 2 is 1.87 bits per heavy atom. The number of ketones is 1. The Bertz CT molecular complexity index is 597. The fourth-order valence-electron chi connectivity index (χ4n) is 5.45. The van der Waals surface area contributed by atoms with E-state index in [0.29, 0.717) is 24.2 Å². The number of sulfonamides is 1. The third kappa shape index (κ3) is 2.68. The van der Waals surface area contributed by atoms with Crippen LogP contribution < -0.4 is 4.72 Å². The molecule has 0 spiro atoms. The molecular weight excluding hydrogens is 310 g/mol. The highest BCUT2D eigenvalue weighted by atomic mass is 32.2. The van der Waals surface area contributed by atoms with Crippen molar-refractivity contribution in [2.24, 2.45) is 28.6 Å². The van der Waals surface area contributed by atoms with Gasteiger partial charge in [0.1, 0.15) is 5.78 Å². The lowest BCUT2D eigenvalue weighted by molar-refractivity contribution is -0.128. The van der Waals surface area contributed by atoms with Gasteiger partial charge >= 0.3 is 0 Å². The highest BCUT2D eigenvalue weighted by molar-refractivity contribution is 7.89. The van der Waals surface area contributed by atoms with Gasteiger partial charge in [0, 0.05) is 17.9 Å². The summed E-state index contributed by atoms with van der Waals surface area (Å²) >= 11 is 0. The molecule has 3 aliphatic carbocycles. The van der Waals surface area contributed by atoms with Crippen LogP contribution in [0.2, 0.25) is 0 Å². The van der Waals surface area contributed by atoms with E-state index in [1.165, 1.54) is 6.42 Å². The first-order valence-electron chi connectivity index (χ1n) is 9.12. The van der Waals surface area contributed by atoms with Gasteiger partial charge in [0.25, 0.3) is 0 Å². The molecule has 3 aliphatic rings. The van der Waals surface area contributed by atoms with Crippen molar-refractivity contribution < 1.29 is 13.2 Å². The van der Waals surface area contributed by atoms with Crippen LogP contribution in [-0.2, 0) is 14.8 Å². The third-order valence-electron chi connectivity index (χ3n) is 7.61. The molecule has 0 amide bonds. The van der Waals surface area contributed by atoms with Gasteiger partial charge in [-0.05, 0) is 42.4 Å². The summed E-state index contributed by atoms with van der Waals surface area (Å²) in [6.45, 7) is 8.54. The molecule has 0 heterocycles. The summed E-state index contributed by atoms with van der Waals surface area (Å²) < 4.78 is 28.7. The molecule has 3 rings (SSSR count). The molecule has 0 unspecified atom stereocenters. The van der Waals surface area contributed by atoms with Crippen molar-refractivity contribution in [2.45, 2.75) is 72.3 Å². The number of Topliss-reactive ketones (excluding diaryl/α,β-unsaturated/α-hetero) is 1. The minimum atomic E-state index is -3.44. The Morgan fingerprint density at radius 3 is 2.43 bits per heavy atom. The van der Waals surface area contributed by atoms with Gasteiger partial charge in [0.15, 0.2) is 0 Å².